The molecular formula is C28H30ClF3N8O3. The molecule has 2 aromatic heterocycles. The number of rotatable bonds is 8. The van der Waals surface area contributed by atoms with Gasteiger partial charge in [-0.05, 0) is 37.2 Å². The Morgan fingerprint density at radius 3 is 2.47 bits per heavy atom. The number of nitrogens with one attached hydrogen (secondary N) is 2. The highest BCUT2D eigenvalue weighted by atomic mass is 35.5. The number of benzene rings is 1. The molecule has 3 aromatic rings. The molecule has 2 aliphatic heterocycles. The molecule has 43 heavy (non-hydrogen) atoms. The number of hydrogen-bond acceptors (Lipinski definition) is 6. The van der Waals surface area contributed by atoms with Gasteiger partial charge in [-0.3, -0.25) is 19.1 Å². The molecule has 228 valence electrons. The number of carbonyl (C=O) groups excluding carboxylic acids is 3. The van der Waals surface area contributed by atoms with Crippen LogP contribution in [0.2, 0.25) is 5.02 Å². The number of piperazine rings is 1. The van der Waals surface area contributed by atoms with Crippen LogP contribution in [0.3, 0.4) is 0 Å². The van der Waals surface area contributed by atoms with Gasteiger partial charge in [-0.1, -0.05) is 17.7 Å². The van der Waals surface area contributed by atoms with Crippen LogP contribution in [0.25, 0.3) is 11.3 Å². The van der Waals surface area contributed by atoms with Gasteiger partial charge in [0.25, 0.3) is 11.8 Å². The molecule has 15 heteroatoms. The Morgan fingerprint density at radius 1 is 1.16 bits per heavy atom. The first-order valence-corrected chi connectivity index (χ1v) is 14.0. The Balaban J connectivity index is 1.24. The molecule has 2 saturated heterocycles. The highest BCUT2D eigenvalue weighted by Gasteiger charge is 2.38. The van der Waals surface area contributed by atoms with Crippen molar-refractivity contribution in [3.8, 4) is 11.3 Å². The van der Waals surface area contributed by atoms with Crippen LogP contribution >= 0.6 is 11.6 Å². The fourth-order valence-electron chi connectivity index (χ4n) is 5.07. The van der Waals surface area contributed by atoms with Crippen molar-refractivity contribution in [3.63, 3.8) is 0 Å². The van der Waals surface area contributed by atoms with Gasteiger partial charge in [-0.2, -0.15) is 18.3 Å². The van der Waals surface area contributed by atoms with Crippen molar-refractivity contribution in [2.75, 3.05) is 44.6 Å². The Hall–Kier alpha value is -4.17. The average molecular weight is 619 g/mol. The van der Waals surface area contributed by atoms with Crippen LogP contribution in [0.1, 0.15) is 33.1 Å². The second kappa shape index (κ2) is 12.2. The van der Waals surface area contributed by atoms with Crippen LogP contribution in [-0.4, -0.2) is 86.1 Å². The molecule has 2 aliphatic rings. The molecule has 3 amide bonds. The van der Waals surface area contributed by atoms with Crippen LogP contribution < -0.4 is 10.6 Å². The number of imidazole rings is 1. The summed E-state index contributed by atoms with van der Waals surface area (Å²) in [4.78, 5) is 46.1. The van der Waals surface area contributed by atoms with Crippen LogP contribution in [0, 0.1) is 5.92 Å². The van der Waals surface area contributed by atoms with Gasteiger partial charge in [0, 0.05) is 51.5 Å². The Bertz CT molecular complexity index is 1550. The number of aromatic nitrogens is 4. The lowest BCUT2D eigenvalue weighted by Crippen LogP contribution is -2.52. The summed E-state index contributed by atoms with van der Waals surface area (Å²) in [5, 5.41) is 9.51. The van der Waals surface area contributed by atoms with E-state index in [9.17, 15) is 27.6 Å². The van der Waals surface area contributed by atoms with Gasteiger partial charge in [-0.15, -0.1) is 6.58 Å². The van der Waals surface area contributed by atoms with Crippen molar-refractivity contribution in [1.82, 2.24) is 34.4 Å². The van der Waals surface area contributed by atoms with Crippen LogP contribution in [0.4, 0.5) is 18.9 Å². The van der Waals surface area contributed by atoms with Crippen molar-refractivity contribution in [1.29, 1.82) is 0 Å². The van der Waals surface area contributed by atoms with Crippen molar-refractivity contribution >= 4 is 35.0 Å². The standard InChI is InChI=1S/C28H30ClF3N8O3/c1-3-6-40-16-20(24(36-40)28(30,31)32)22-15-34-25(37(22)2)26(42)35-18-4-5-19(21(29)12-18)27(43)39-9-7-38(8-10-39)23(41)11-17-13-33-14-17/h3-5,12,15-17,33H,1,6-11,13-14H2,2H3,(H,35,42). The first-order valence-electron chi connectivity index (χ1n) is 13.6. The van der Waals surface area contributed by atoms with Crippen LogP contribution in [0.5, 0.6) is 0 Å². The zero-order chi connectivity index (χ0) is 30.9. The van der Waals surface area contributed by atoms with Crippen molar-refractivity contribution in [3.05, 3.63) is 65.4 Å². The van der Waals surface area contributed by atoms with E-state index < -0.39 is 17.8 Å². The Labute approximate surface area is 250 Å². The minimum absolute atomic E-state index is 0.0496. The molecule has 2 N–H and O–H groups in total. The molecule has 0 spiro atoms. The molecule has 5 rings (SSSR count). The third-order valence-electron chi connectivity index (χ3n) is 7.52. The summed E-state index contributed by atoms with van der Waals surface area (Å²) in [6.45, 7) is 6.96. The van der Waals surface area contributed by atoms with Gasteiger partial charge >= 0.3 is 6.18 Å². The number of nitrogens with zero attached hydrogens (tertiary/aromatic N) is 6. The molecular weight excluding hydrogens is 589 g/mol. The lowest BCUT2D eigenvalue weighted by Gasteiger charge is -2.36. The molecule has 0 saturated carbocycles. The van der Waals surface area contributed by atoms with E-state index in [1.54, 1.807) is 9.80 Å². The van der Waals surface area contributed by atoms with E-state index in [-0.39, 0.29) is 51.7 Å². The maximum atomic E-state index is 13.7. The number of alkyl halides is 3. The van der Waals surface area contributed by atoms with Gasteiger partial charge in [-0.25, -0.2) is 4.98 Å². The number of carbonyl (C=O) groups is 3. The van der Waals surface area contributed by atoms with Crippen LogP contribution in [-0.2, 0) is 24.6 Å². The monoisotopic (exact) mass is 618 g/mol. The number of allylic oxidation sites excluding steroid dienone is 1. The van der Waals surface area contributed by atoms with E-state index in [4.69, 9.17) is 11.6 Å². The topological polar surface area (TPSA) is 117 Å². The number of anilines is 1. The first kappa shape index (κ1) is 30.3. The minimum atomic E-state index is -4.72. The molecule has 0 atom stereocenters. The maximum absolute atomic E-state index is 13.7. The minimum Gasteiger partial charge on any atom is -0.339 e. The molecule has 0 unspecified atom stereocenters. The zero-order valence-corrected chi connectivity index (χ0v) is 24.1. The van der Waals surface area contributed by atoms with Crippen molar-refractivity contribution in [2.24, 2.45) is 13.0 Å². The van der Waals surface area contributed by atoms with Crippen molar-refractivity contribution < 1.29 is 27.6 Å². The van der Waals surface area contributed by atoms with Gasteiger partial charge < -0.3 is 25.0 Å². The fourth-order valence-corrected chi connectivity index (χ4v) is 5.33. The highest BCUT2D eigenvalue weighted by Crippen LogP contribution is 2.36. The fraction of sp³-hybridized carbons (Fsp3) is 0.393. The smallest absolute Gasteiger partial charge is 0.339 e. The van der Waals surface area contributed by atoms with Crippen LogP contribution in [0.15, 0.2) is 43.2 Å². The number of hydrogen-bond donors (Lipinski definition) is 2. The number of amides is 3. The van der Waals surface area contributed by atoms with Gasteiger partial charge in [0.05, 0.1) is 34.6 Å². The van der Waals surface area contributed by atoms with E-state index in [1.165, 1.54) is 48.3 Å². The average Bonchev–Trinajstić information content (AvgIpc) is 3.54. The van der Waals surface area contributed by atoms with E-state index in [2.05, 4.69) is 27.3 Å². The third-order valence-corrected chi connectivity index (χ3v) is 7.83. The molecule has 0 radical (unpaired) electrons. The quantitative estimate of drug-likeness (QED) is 0.374. The summed E-state index contributed by atoms with van der Waals surface area (Å²) in [5.41, 5.74) is -0.762. The lowest BCUT2D eigenvalue weighted by molar-refractivity contribution is -0.141. The summed E-state index contributed by atoms with van der Waals surface area (Å²) in [6.07, 6.45) is -0.395. The summed E-state index contributed by atoms with van der Waals surface area (Å²) in [5.74, 6) is -0.644. The molecule has 0 aliphatic carbocycles. The maximum Gasteiger partial charge on any atom is 0.435 e. The molecule has 0 bridgehead atoms. The normalized spacial score (nSPS) is 15.7. The number of halogens is 4. The molecule has 11 nitrogen and oxygen atoms in total. The SMILES string of the molecule is C=CCn1cc(-c2cnc(C(=O)Nc3ccc(C(=O)N4CCN(C(=O)CC5CNC5)CC4)c(Cl)c3)n2C)c(C(F)(F)F)n1. The first-order chi connectivity index (χ1) is 20.5. The largest absolute Gasteiger partial charge is 0.435 e. The lowest BCUT2D eigenvalue weighted by atomic mass is 9.98. The highest BCUT2D eigenvalue weighted by molar-refractivity contribution is 6.34. The Kier molecular flexibility index (Phi) is 8.60. The summed E-state index contributed by atoms with van der Waals surface area (Å²) >= 11 is 6.42. The van der Waals surface area contributed by atoms with Crippen molar-refractivity contribution in [2.45, 2.75) is 19.1 Å². The van der Waals surface area contributed by atoms with E-state index in [1.807, 2.05) is 0 Å². The van der Waals surface area contributed by atoms with Gasteiger partial charge in [0.1, 0.15) is 0 Å². The van der Waals surface area contributed by atoms with Gasteiger partial charge in [0.15, 0.2) is 11.5 Å². The zero-order valence-electron chi connectivity index (χ0n) is 23.3. The second-order valence-corrected chi connectivity index (χ2v) is 10.9. The Morgan fingerprint density at radius 2 is 1.86 bits per heavy atom. The summed E-state index contributed by atoms with van der Waals surface area (Å²) in [6, 6.07) is 4.42. The molecule has 2 fully saturated rings. The summed E-state index contributed by atoms with van der Waals surface area (Å²) in [7, 11) is 1.43. The summed E-state index contributed by atoms with van der Waals surface area (Å²) < 4.78 is 43.3. The molecule has 1 aromatic carbocycles. The third kappa shape index (κ3) is 6.44. The van der Waals surface area contributed by atoms with E-state index in [0.717, 1.165) is 17.8 Å². The molecule has 4 heterocycles. The predicted molar refractivity (Wildman–Crippen MR) is 152 cm³/mol. The predicted octanol–water partition coefficient (Wildman–Crippen LogP) is 3.29. The van der Waals surface area contributed by atoms with Gasteiger partial charge in [0.2, 0.25) is 5.91 Å². The van der Waals surface area contributed by atoms with E-state index in [0.29, 0.717) is 38.5 Å². The second-order valence-electron chi connectivity index (χ2n) is 10.5. The van der Waals surface area contributed by atoms with E-state index >= 15 is 0 Å².